The van der Waals surface area contributed by atoms with E-state index in [0.717, 1.165) is 23.3 Å². The molecular weight excluding hydrogens is 254 g/mol. The molecule has 3 unspecified atom stereocenters. The molecule has 0 saturated carbocycles. The summed E-state index contributed by atoms with van der Waals surface area (Å²) < 4.78 is 12.7. The number of hydrogen-bond donors (Lipinski definition) is 1. The van der Waals surface area contributed by atoms with Gasteiger partial charge in [-0.1, -0.05) is 42.5 Å². The molecule has 98 valence electrons. The van der Waals surface area contributed by atoms with Crippen LogP contribution in [0.25, 0.3) is 0 Å². The third-order valence-corrected chi connectivity index (χ3v) is 5.58. The molecule has 3 atom stereocenters. The number of nitrogens with two attached hydrogens (primary N) is 1. The number of hydrogen-bond acceptors (Lipinski definition) is 2. The highest BCUT2D eigenvalue weighted by atomic mass is 32.2. The predicted molar refractivity (Wildman–Crippen MR) is 78.3 cm³/mol. The van der Waals surface area contributed by atoms with E-state index in [2.05, 4.69) is 12.1 Å². The van der Waals surface area contributed by atoms with Gasteiger partial charge in [0.2, 0.25) is 0 Å². The maximum Gasteiger partial charge on any atom is 0.0590 e. The van der Waals surface area contributed by atoms with E-state index >= 15 is 0 Å². The minimum Gasteiger partial charge on any atom is -0.323 e. The molecule has 0 bridgehead atoms. The van der Waals surface area contributed by atoms with Gasteiger partial charge in [0.25, 0.3) is 0 Å². The molecule has 0 fully saturated rings. The molecule has 0 heterocycles. The van der Waals surface area contributed by atoms with Crippen molar-refractivity contribution in [3.63, 3.8) is 0 Å². The van der Waals surface area contributed by atoms with Crippen LogP contribution < -0.4 is 5.73 Å². The summed E-state index contributed by atoms with van der Waals surface area (Å²) in [6, 6.07) is 17.7. The Bertz CT molecular complexity index is 597. The maximum atomic E-state index is 12.7. The van der Waals surface area contributed by atoms with Crippen molar-refractivity contribution in [1.29, 1.82) is 0 Å². The van der Waals surface area contributed by atoms with Crippen molar-refractivity contribution in [2.24, 2.45) is 5.73 Å². The van der Waals surface area contributed by atoms with E-state index in [9.17, 15) is 4.21 Å². The van der Waals surface area contributed by atoms with E-state index in [1.165, 1.54) is 5.56 Å². The Balaban J connectivity index is 1.90. The van der Waals surface area contributed by atoms with Gasteiger partial charge in [-0.15, -0.1) is 0 Å². The number of fused-ring (bicyclic) bond motifs is 1. The summed E-state index contributed by atoms with van der Waals surface area (Å²) in [6.45, 7) is 0. The third kappa shape index (κ3) is 2.36. The lowest BCUT2D eigenvalue weighted by atomic mass is 9.88. The van der Waals surface area contributed by atoms with Crippen molar-refractivity contribution >= 4 is 10.8 Å². The van der Waals surface area contributed by atoms with Crippen molar-refractivity contribution < 1.29 is 4.21 Å². The van der Waals surface area contributed by atoms with Crippen molar-refractivity contribution in [2.75, 3.05) is 0 Å². The second-order valence-corrected chi connectivity index (χ2v) is 6.58. The molecule has 3 rings (SSSR count). The fourth-order valence-electron chi connectivity index (χ4n) is 2.73. The van der Waals surface area contributed by atoms with Crippen molar-refractivity contribution in [1.82, 2.24) is 0 Å². The van der Waals surface area contributed by atoms with Gasteiger partial charge in [0, 0.05) is 10.9 Å². The van der Waals surface area contributed by atoms with E-state index in [0.29, 0.717) is 0 Å². The Morgan fingerprint density at radius 2 is 1.68 bits per heavy atom. The topological polar surface area (TPSA) is 43.1 Å². The lowest BCUT2D eigenvalue weighted by molar-refractivity contribution is 0.563. The minimum atomic E-state index is -1.03. The van der Waals surface area contributed by atoms with E-state index < -0.39 is 10.8 Å². The highest BCUT2D eigenvalue weighted by molar-refractivity contribution is 7.85. The highest BCUT2D eigenvalue weighted by Crippen LogP contribution is 2.33. The molecule has 0 amide bonds. The summed E-state index contributed by atoms with van der Waals surface area (Å²) in [5, 5.41) is 0.0114. The first-order chi connectivity index (χ1) is 9.27. The molecule has 0 saturated heterocycles. The molecule has 1 aliphatic carbocycles. The third-order valence-electron chi connectivity index (χ3n) is 3.76. The molecule has 2 aromatic rings. The van der Waals surface area contributed by atoms with Gasteiger partial charge in [-0.3, -0.25) is 4.21 Å². The van der Waals surface area contributed by atoms with Gasteiger partial charge in [-0.2, -0.15) is 0 Å². The van der Waals surface area contributed by atoms with E-state index in [4.69, 9.17) is 5.73 Å². The molecule has 0 radical (unpaired) electrons. The lowest BCUT2D eigenvalue weighted by Gasteiger charge is -2.30. The molecule has 3 heteroatoms. The first kappa shape index (κ1) is 12.6. The van der Waals surface area contributed by atoms with Crippen LogP contribution in [-0.2, 0) is 17.2 Å². The zero-order valence-corrected chi connectivity index (χ0v) is 11.5. The van der Waals surface area contributed by atoms with Crippen molar-refractivity contribution in [2.45, 2.75) is 29.0 Å². The Morgan fingerprint density at radius 1 is 1.00 bits per heavy atom. The van der Waals surface area contributed by atoms with Crippen LogP contribution in [-0.4, -0.2) is 9.46 Å². The SMILES string of the molecule is NC1c2ccccc2CCC1S(=O)c1ccccc1. The van der Waals surface area contributed by atoms with Gasteiger partial charge < -0.3 is 5.73 Å². The quantitative estimate of drug-likeness (QED) is 0.912. The summed E-state index contributed by atoms with van der Waals surface area (Å²) in [7, 11) is -1.03. The summed E-state index contributed by atoms with van der Waals surface area (Å²) in [5.74, 6) is 0. The normalized spacial score (nSPS) is 23.6. The van der Waals surface area contributed by atoms with Crippen LogP contribution >= 0.6 is 0 Å². The van der Waals surface area contributed by atoms with Crippen LogP contribution in [0.5, 0.6) is 0 Å². The standard InChI is InChI=1S/C16H17NOS/c17-16-14-9-5-4-6-12(14)10-11-15(16)19(18)13-7-2-1-3-8-13/h1-9,15-16H,10-11,17H2. The van der Waals surface area contributed by atoms with Crippen molar-refractivity contribution in [3.05, 3.63) is 65.7 Å². The minimum absolute atomic E-state index is 0.0114. The molecule has 1 aliphatic rings. The molecule has 0 spiro atoms. The second-order valence-electron chi connectivity index (χ2n) is 4.91. The lowest BCUT2D eigenvalue weighted by Crippen LogP contribution is -2.34. The largest absolute Gasteiger partial charge is 0.323 e. The predicted octanol–water partition coefficient (Wildman–Crippen LogP) is 2.81. The zero-order valence-electron chi connectivity index (χ0n) is 10.7. The molecular formula is C16H17NOS. The monoisotopic (exact) mass is 271 g/mol. The Kier molecular flexibility index (Phi) is 3.49. The molecule has 19 heavy (non-hydrogen) atoms. The Hall–Kier alpha value is -1.45. The summed E-state index contributed by atoms with van der Waals surface area (Å²) in [6.07, 6.45) is 1.85. The molecule has 2 N–H and O–H groups in total. The zero-order chi connectivity index (χ0) is 13.2. The van der Waals surface area contributed by atoms with Crippen LogP contribution in [0, 0.1) is 0 Å². The van der Waals surface area contributed by atoms with Gasteiger partial charge >= 0.3 is 0 Å². The smallest absolute Gasteiger partial charge is 0.0590 e. The summed E-state index contributed by atoms with van der Waals surface area (Å²) in [4.78, 5) is 0.877. The Labute approximate surface area is 116 Å². The van der Waals surface area contributed by atoms with Gasteiger partial charge in [0.1, 0.15) is 0 Å². The number of rotatable bonds is 2. The van der Waals surface area contributed by atoms with Crippen LogP contribution in [0.3, 0.4) is 0 Å². The molecule has 2 aromatic carbocycles. The maximum absolute atomic E-state index is 12.7. The van der Waals surface area contributed by atoms with Crippen LogP contribution in [0.15, 0.2) is 59.5 Å². The van der Waals surface area contributed by atoms with Crippen LogP contribution in [0.4, 0.5) is 0 Å². The van der Waals surface area contributed by atoms with Gasteiger partial charge in [0.15, 0.2) is 0 Å². The summed E-state index contributed by atoms with van der Waals surface area (Å²) >= 11 is 0. The first-order valence-corrected chi connectivity index (χ1v) is 7.77. The van der Waals surface area contributed by atoms with Gasteiger partial charge in [-0.05, 0) is 36.1 Å². The number of benzene rings is 2. The molecule has 0 aliphatic heterocycles. The fraction of sp³-hybridized carbons (Fsp3) is 0.250. The molecule has 2 nitrogen and oxygen atoms in total. The Morgan fingerprint density at radius 3 is 2.47 bits per heavy atom. The molecule has 0 aromatic heterocycles. The number of aryl methyl sites for hydroxylation is 1. The average Bonchev–Trinajstić information content (AvgIpc) is 2.48. The van der Waals surface area contributed by atoms with Crippen LogP contribution in [0.2, 0.25) is 0 Å². The first-order valence-electron chi connectivity index (χ1n) is 6.56. The van der Waals surface area contributed by atoms with E-state index in [1.54, 1.807) is 0 Å². The summed E-state index contributed by atoms with van der Waals surface area (Å²) in [5.41, 5.74) is 8.79. The van der Waals surface area contributed by atoms with Gasteiger partial charge in [-0.25, -0.2) is 0 Å². The van der Waals surface area contributed by atoms with E-state index in [1.807, 2.05) is 42.5 Å². The average molecular weight is 271 g/mol. The van der Waals surface area contributed by atoms with Crippen molar-refractivity contribution in [3.8, 4) is 0 Å². The van der Waals surface area contributed by atoms with Crippen LogP contribution in [0.1, 0.15) is 23.6 Å². The fourth-order valence-corrected chi connectivity index (χ4v) is 4.25. The van der Waals surface area contributed by atoms with Gasteiger partial charge in [0.05, 0.1) is 16.0 Å². The second kappa shape index (κ2) is 5.27. The van der Waals surface area contributed by atoms with E-state index in [-0.39, 0.29) is 11.3 Å². The highest BCUT2D eigenvalue weighted by Gasteiger charge is 2.31.